The van der Waals surface area contributed by atoms with Gasteiger partial charge in [-0.1, -0.05) is 26.0 Å². The number of carbonyl (C=O) groups is 2. The average Bonchev–Trinajstić information content (AvgIpc) is 2.67. The lowest BCUT2D eigenvalue weighted by Crippen LogP contribution is -2.32. The Hall–Kier alpha value is -2.34. The van der Waals surface area contributed by atoms with Gasteiger partial charge < -0.3 is 15.4 Å². The largest absolute Gasteiger partial charge is 0.492 e. The molecule has 1 atom stereocenters. The van der Waals surface area contributed by atoms with E-state index in [1.54, 1.807) is 42.5 Å². The van der Waals surface area contributed by atoms with Crippen molar-refractivity contribution < 1.29 is 14.3 Å². The van der Waals surface area contributed by atoms with Gasteiger partial charge in [-0.3, -0.25) is 9.59 Å². The number of benzene rings is 2. The molecular weight excluding hydrogens is 408 g/mol. The van der Waals surface area contributed by atoms with Crippen LogP contribution >= 0.6 is 15.9 Å². The Kier molecular flexibility index (Phi) is 7.85. The number of nitrogens with one attached hydrogen (secondary N) is 2. The molecule has 2 rings (SSSR count). The number of hydrogen-bond acceptors (Lipinski definition) is 3. The van der Waals surface area contributed by atoms with E-state index in [0.29, 0.717) is 33.6 Å². The van der Waals surface area contributed by atoms with E-state index in [2.05, 4.69) is 26.6 Å². The van der Waals surface area contributed by atoms with Crippen LogP contribution < -0.4 is 15.4 Å². The predicted molar refractivity (Wildman–Crippen MR) is 112 cm³/mol. The second kappa shape index (κ2) is 10.1. The summed E-state index contributed by atoms with van der Waals surface area (Å²) in [6, 6.07) is 12.2. The number of ether oxygens (including phenoxy) is 1. The van der Waals surface area contributed by atoms with Crippen molar-refractivity contribution in [2.24, 2.45) is 0 Å². The number of hydrogen-bond donors (Lipinski definition) is 2. The van der Waals surface area contributed by atoms with Crippen LogP contribution in [-0.4, -0.2) is 24.5 Å². The minimum absolute atomic E-state index is 0.0629. The molecule has 27 heavy (non-hydrogen) atoms. The second-order valence-electron chi connectivity index (χ2n) is 6.28. The molecular formula is C21H25BrN2O3. The van der Waals surface area contributed by atoms with Crippen molar-refractivity contribution in [2.75, 3.05) is 11.9 Å². The molecule has 1 unspecified atom stereocenters. The molecule has 2 N–H and O–H groups in total. The van der Waals surface area contributed by atoms with E-state index in [1.165, 1.54) is 0 Å². The molecule has 0 aliphatic heterocycles. The summed E-state index contributed by atoms with van der Waals surface area (Å²) in [7, 11) is 0. The Bertz CT molecular complexity index is 808. The lowest BCUT2D eigenvalue weighted by atomic mass is 10.1. The van der Waals surface area contributed by atoms with Gasteiger partial charge in [-0.05, 0) is 66.0 Å². The molecule has 0 aliphatic rings. The van der Waals surface area contributed by atoms with E-state index in [4.69, 9.17) is 4.74 Å². The van der Waals surface area contributed by atoms with Crippen LogP contribution in [0.25, 0.3) is 0 Å². The van der Waals surface area contributed by atoms with E-state index in [0.717, 1.165) is 12.8 Å². The smallest absolute Gasteiger partial charge is 0.255 e. The molecule has 2 aromatic rings. The molecule has 0 saturated carbocycles. The summed E-state index contributed by atoms with van der Waals surface area (Å²) in [6.07, 6.45) is 1.74. The Balaban J connectivity index is 2.16. The van der Waals surface area contributed by atoms with Gasteiger partial charge in [0.15, 0.2) is 0 Å². The highest BCUT2D eigenvalue weighted by Gasteiger charge is 2.16. The van der Waals surface area contributed by atoms with Crippen molar-refractivity contribution in [2.45, 2.75) is 39.7 Å². The van der Waals surface area contributed by atoms with Crippen molar-refractivity contribution in [1.29, 1.82) is 0 Å². The zero-order chi connectivity index (χ0) is 19.8. The third-order valence-corrected chi connectivity index (χ3v) is 4.69. The van der Waals surface area contributed by atoms with Gasteiger partial charge in [0.2, 0.25) is 0 Å². The van der Waals surface area contributed by atoms with Crippen LogP contribution in [0.3, 0.4) is 0 Å². The number of halogens is 1. The fourth-order valence-corrected chi connectivity index (χ4v) is 2.85. The van der Waals surface area contributed by atoms with Gasteiger partial charge in [0.05, 0.1) is 22.3 Å². The Morgan fingerprint density at radius 2 is 1.85 bits per heavy atom. The average molecular weight is 433 g/mol. The number of para-hydroxylation sites is 1. The van der Waals surface area contributed by atoms with Crippen molar-refractivity contribution in [3.63, 3.8) is 0 Å². The summed E-state index contributed by atoms with van der Waals surface area (Å²) >= 11 is 3.43. The van der Waals surface area contributed by atoms with Gasteiger partial charge in [0.25, 0.3) is 11.8 Å². The van der Waals surface area contributed by atoms with Crippen LogP contribution in [-0.2, 0) is 0 Å². The first-order chi connectivity index (χ1) is 13.0. The summed E-state index contributed by atoms with van der Waals surface area (Å²) in [6.45, 7) is 6.59. The minimum Gasteiger partial charge on any atom is -0.492 e. The number of anilines is 1. The van der Waals surface area contributed by atoms with E-state index in [9.17, 15) is 9.59 Å². The number of amides is 2. The molecule has 0 heterocycles. The minimum atomic E-state index is -0.290. The third kappa shape index (κ3) is 5.82. The van der Waals surface area contributed by atoms with Gasteiger partial charge in [0, 0.05) is 11.6 Å². The topological polar surface area (TPSA) is 67.4 Å². The third-order valence-electron chi connectivity index (χ3n) is 4.07. The lowest BCUT2D eigenvalue weighted by Gasteiger charge is -2.15. The normalized spacial score (nSPS) is 11.6. The summed E-state index contributed by atoms with van der Waals surface area (Å²) in [5.41, 5.74) is 1.39. The van der Waals surface area contributed by atoms with E-state index in [-0.39, 0.29) is 17.9 Å². The fourth-order valence-electron chi connectivity index (χ4n) is 2.36. The van der Waals surface area contributed by atoms with Crippen molar-refractivity contribution in [1.82, 2.24) is 5.32 Å². The van der Waals surface area contributed by atoms with Crippen molar-refractivity contribution in [3.8, 4) is 5.75 Å². The van der Waals surface area contributed by atoms with Crippen LogP contribution in [0, 0.1) is 0 Å². The molecule has 0 bridgehead atoms. The van der Waals surface area contributed by atoms with Gasteiger partial charge in [-0.25, -0.2) is 0 Å². The fraction of sp³-hybridized carbons (Fsp3) is 0.333. The predicted octanol–water partition coefficient (Wildman–Crippen LogP) is 5.02. The summed E-state index contributed by atoms with van der Waals surface area (Å²) in [5, 5.41) is 5.75. The molecule has 5 nitrogen and oxygen atoms in total. The summed E-state index contributed by atoms with van der Waals surface area (Å²) in [5.74, 6) is 0.202. The van der Waals surface area contributed by atoms with Crippen LogP contribution in [0.2, 0.25) is 0 Å². The van der Waals surface area contributed by atoms with Gasteiger partial charge in [-0.2, -0.15) is 0 Å². The Morgan fingerprint density at radius 1 is 1.11 bits per heavy atom. The number of carbonyl (C=O) groups excluding carboxylic acids is 2. The zero-order valence-electron chi connectivity index (χ0n) is 15.8. The standard InChI is InChI=1S/C21H25BrN2O3/c1-4-12-27-19-11-10-15(13-17(19)22)20(25)24-18-9-7-6-8-16(18)21(26)23-14(3)5-2/h6-11,13-14H,4-5,12H2,1-3H3,(H,23,26)(H,24,25). The van der Waals surface area contributed by atoms with Crippen molar-refractivity contribution in [3.05, 3.63) is 58.1 Å². The van der Waals surface area contributed by atoms with Gasteiger partial charge >= 0.3 is 0 Å². The van der Waals surface area contributed by atoms with Crippen LogP contribution in [0.4, 0.5) is 5.69 Å². The maximum atomic E-state index is 12.6. The molecule has 2 aromatic carbocycles. The first kappa shape index (κ1) is 21.0. The maximum Gasteiger partial charge on any atom is 0.255 e. The highest BCUT2D eigenvalue weighted by molar-refractivity contribution is 9.10. The molecule has 2 amide bonds. The first-order valence-electron chi connectivity index (χ1n) is 9.09. The Morgan fingerprint density at radius 3 is 2.52 bits per heavy atom. The maximum absolute atomic E-state index is 12.6. The second-order valence-corrected chi connectivity index (χ2v) is 7.13. The number of rotatable bonds is 8. The lowest BCUT2D eigenvalue weighted by molar-refractivity contribution is 0.0940. The van der Waals surface area contributed by atoms with Gasteiger partial charge in [-0.15, -0.1) is 0 Å². The molecule has 0 radical (unpaired) electrons. The molecule has 0 aliphatic carbocycles. The van der Waals surface area contributed by atoms with Crippen LogP contribution in [0.1, 0.15) is 54.3 Å². The van der Waals surface area contributed by atoms with E-state index < -0.39 is 0 Å². The van der Waals surface area contributed by atoms with E-state index >= 15 is 0 Å². The summed E-state index contributed by atoms with van der Waals surface area (Å²) < 4.78 is 6.32. The zero-order valence-corrected chi connectivity index (χ0v) is 17.4. The monoisotopic (exact) mass is 432 g/mol. The molecule has 0 fully saturated rings. The van der Waals surface area contributed by atoms with Crippen molar-refractivity contribution >= 4 is 33.4 Å². The van der Waals surface area contributed by atoms with Gasteiger partial charge in [0.1, 0.15) is 5.75 Å². The SMILES string of the molecule is CCCOc1ccc(C(=O)Nc2ccccc2C(=O)NC(C)CC)cc1Br. The highest BCUT2D eigenvalue weighted by Crippen LogP contribution is 2.27. The van der Waals surface area contributed by atoms with E-state index in [1.807, 2.05) is 20.8 Å². The highest BCUT2D eigenvalue weighted by atomic mass is 79.9. The molecule has 0 spiro atoms. The van der Waals surface area contributed by atoms with Crippen LogP contribution in [0.5, 0.6) is 5.75 Å². The molecule has 0 saturated heterocycles. The molecule has 6 heteroatoms. The Labute approximate surface area is 168 Å². The quantitative estimate of drug-likeness (QED) is 0.615. The first-order valence-corrected chi connectivity index (χ1v) is 9.89. The molecule has 144 valence electrons. The van der Waals surface area contributed by atoms with Crippen LogP contribution in [0.15, 0.2) is 46.9 Å². The summed E-state index contributed by atoms with van der Waals surface area (Å²) in [4.78, 5) is 25.1. The molecule has 0 aromatic heterocycles.